The molecule has 1 aliphatic rings. The van der Waals surface area contributed by atoms with Crippen LogP contribution < -0.4 is 5.32 Å². The number of hydrogen-bond acceptors (Lipinski definition) is 2. The van der Waals surface area contributed by atoms with E-state index in [0.717, 1.165) is 26.1 Å². The molecule has 118 valence electrons. The van der Waals surface area contributed by atoms with Crippen molar-refractivity contribution < 1.29 is 0 Å². The standard InChI is InChI=1S/C19H32N2/c1-6-15-10-8-9-11-16(15)13-21-14-18(19(3,4)5)20-12-17(21)7-2/h8-11,17-18,20H,6-7,12-14H2,1-5H3. The molecule has 0 spiro atoms. The van der Waals surface area contributed by atoms with E-state index in [1.54, 1.807) is 0 Å². The van der Waals surface area contributed by atoms with Gasteiger partial charge in [0.15, 0.2) is 0 Å². The second kappa shape index (κ2) is 6.93. The lowest BCUT2D eigenvalue weighted by atomic mass is 9.84. The monoisotopic (exact) mass is 288 g/mol. The molecule has 1 saturated heterocycles. The number of piperazine rings is 1. The molecule has 0 radical (unpaired) electrons. The summed E-state index contributed by atoms with van der Waals surface area (Å²) in [7, 11) is 0. The van der Waals surface area contributed by atoms with E-state index in [-0.39, 0.29) is 0 Å². The average molecular weight is 288 g/mol. The first-order chi connectivity index (χ1) is 9.95. The third-order valence-electron chi connectivity index (χ3n) is 4.92. The van der Waals surface area contributed by atoms with Crippen LogP contribution in [0, 0.1) is 5.41 Å². The van der Waals surface area contributed by atoms with Gasteiger partial charge in [-0.25, -0.2) is 0 Å². The maximum atomic E-state index is 3.76. The smallest absolute Gasteiger partial charge is 0.0244 e. The Bertz CT molecular complexity index is 447. The summed E-state index contributed by atoms with van der Waals surface area (Å²) in [5.41, 5.74) is 3.33. The van der Waals surface area contributed by atoms with Crippen molar-refractivity contribution in [3.05, 3.63) is 35.4 Å². The highest BCUT2D eigenvalue weighted by Crippen LogP contribution is 2.26. The van der Waals surface area contributed by atoms with Gasteiger partial charge in [-0.1, -0.05) is 58.9 Å². The Labute approximate surface area is 130 Å². The zero-order chi connectivity index (χ0) is 15.5. The van der Waals surface area contributed by atoms with Crippen molar-refractivity contribution in [2.45, 2.75) is 66.1 Å². The molecule has 2 unspecified atom stereocenters. The molecule has 21 heavy (non-hydrogen) atoms. The van der Waals surface area contributed by atoms with Crippen molar-refractivity contribution in [2.75, 3.05) is 13.1 Å². The average Bonchev–Trinajstić information content (AvgIpc) is 2.47. The number of hydrogen-bond donors (Lipinski definition) is 1. The second-order valence-corrected chi connectivity index (χ2v) is 7.44. The zero-order valence-corrected chi connectivity index (χ0v) is 14.4. The van der Waals surface area contributed by atoms with Crippen molar-refractivity contribution in [3.8, 4) is 0 Å². The van der Waals surface area contributed by atoms with Crippen LogP contribution in [0.3, 0.4) is 0 Å². The summed E-state index contributed by atoms with van der Waals surface area (Å²) in [4.78, 5) is 2.70. The van der Waals surface area contributed by atoms with E-state index in [0.29, 0.717) is 17.5 Å². The molecule has 1 N–H and O–H groups in total. The Morgan fingerprint density at radius 2 is 1.81 bits per heavy atom. The molecule has 2 atom stereocenters. The van der Waals surface area contributed by atoms with Crippen LogP contribution in [0.5, 0.6) is 0 Å². The number of rotatable bonds is 4. The number of nitrogens with zero attached hydrogens (tertiary/aromatic N) is 1. The summed E-state index contributed by atoms with van der Waals surface area (Å²) < 4.78 is 0. The molecule has 2 rings (SSSR count). The molecule has 0 aromatic heterocycles. The van der Waals surface area contributed by atoms with Crippen molar-refractivity contribution in [3.63, 3.8) is 0 Å². The first kappa shape index (κ1) is 16.5. The van der Waals surface area contributed by atoms with Gasteiger partial charge in [0.1, 0.15) is 0 Å². The summed E-state index contributed by atoms with van der Waals surface area (Å²) >= 11 is 0. The molecular weight excluding hydrogens is 256 g/mol. The summed E-state index contributed by atoms with van der Waals surface area (Å²) in [5, 5.41) is 3.76. The van der Waals surface area contributed by atoms with Gasteiger partial charge >= 0.3 is 0 Å². The van der Waals surface area contributed by atoms with Gasteiger partial charge in [-0.05, 0) is 29.4 Å². The molecule has 0 aliphatic carbocycles. The van der Waals surface area contributed by atoms with Gasteiger partial charge in [-0.15, -0.1) is 0 Å². The molecule has 2 nitrogen and oxygen atoms in total. The minimum absolute atomic E-state index is 0.321. The van der Waals surface area contributed by atoms with E-state index in [1.807, 2.05) is 0 Å². The Kier molecular flexibility index (Phi) is 5.45. The highest BCUT2D eigenvalue weighted by atomic mass is 15.2. The van der Waals surface area contributed by atoms with Crippen molar-refractivity contribution >= 4 is 0 Å². The van der Waals surface area contributed by atoms with Crippen molar-refractivity contribution in [1.29, 1.82) is 0 Å². The number of nitrogens with one attached hydrogen (secondary N) is 1. The fourth-order valence-electron chi connectivity index (χ4n) is 3.31. The van der Waals surface area contributed by atoms with Crippen LogP contribution in [-0.4, -0.2) is 30.1 Å². The minimum Gasteiger partial charge on any atom is -0.311 e. The van der Waals surface area contributed by atoms with E-state index in [4.69, 9.17) is 0 Å². The van der Waals surface area contributed by atoms with Crippen molar-refractivity contribution in [1.82, 2.24) is 10.2 Å². The molecule has 0 bridgehead atoms. The van der Waals surface area contributed by atoms with Crippen LogP contribution in [0.15, 0.2) is 24.3 Å². The number of benzene rings is 1. The van der Waals surface area contributed by atoms with E-state index in [9.17, 15) is 0 Å². The molecule has 1 heterocycles. The van der Waals surface area contributed by atoms with Gasteiger partial charge in [0, 0.05) is 31.7 Å². The second-order valence-electron chi connectivity index (χ2n) is 7.44. The Morgan fingerprint density at radius 1 is 1.14 bits per heavy atom. The third-order valence-corrected chi connectivity index (χ3v) is 4.92. The molecule has 1 aromatic carbocycles. The SMILES string of the molecule is CCc1ccccc1CN1CC(C(C)(C)C)NCC1CC. The quantitative estimate of drug-likeness (QED) is 0.905. The third kappa shape index (κ3) is 4.08. The van der Waals surface area contributed by atoms with Crippen LogP contribution in [0.2, 0.25) is 0 Å². The summed E-state index contributed by atoms with van der Waals surface area (Å²) in [6.07, 6.45) is 2.35. The zero-order valence-electron chi connectivity index (χ0n) is 14.4. The first-order valence-corrected chi connectivity index (χ1v) is 8.49. The highest BCUT2D eigenvalue weighted by Gasteiger charge is 2.33. The van der Waals surface area contributed by atoms with Crippen LogP contribution in [0.4, 0.5) is 0 Å². The van der Waals surface area contributed by atoms with Crippen LogP contribution in [-0.2, 0) is 13.0 Å². The molecule has 1 aliphatic heterocycles. The minimum atomic E-state index is 0.321. The van der Waals surface area contributed by atoms with Crippen LogP contribution in [0.25, 0.3) is 0 Å². The van der Waals surface area contributed by atoms with Gasteiger partial charge in [-0.3, -0.25) is 4.90 Å². The highest BCUT2D eigenvalue weighted by molar-refractivity contribution is 5.27. The molecule has 1 aromatic rings. The Balaban J connectivity index is 2.14. The molecule has 0 saturated carbocycles. The van der Waals surface area contributed by atoms with E-state index >= 15 is 0 Å². The molecule has 2 heteroatoms. The van der Waals surface area contributed by atoms with E-state index in [1.165, 1.54) is 17.5 Å². The van der Waals surface area contributed by atoms with E-state index in [2.05, 4.69) is 69.1 Å². The lowest BCUT2D eigenvalue weighted by Crippen LogP contribution is -2.59. The molecular formula is C19H32N2. The normalized spacial score (nSPS) is 24.2. The summed E-state index contributed by atoms with van der Waals surface area (Å²) in [5.74, 6) is 0. The fraction of sp³-hybridized carbons (Fsp3) is 0.684. The largest absolute Gasteiger partial charge is 0.311 e. The lowest BCUT2D eigenvalue weighted by molar-refractivity contribution is 0.0773. The maximum Gasteiger partial charge on any atom is 0.0244 e. The predicted molar refractivity (Wildman–Crippen MR) is 91.6 cm³/mol. The van der Waals surface area contributed by atoms with Crippen LogP contribution in [0.1, 0.15) is 52.2 Å². The van der Waals surface area contributed by atoms with Gasteiger partial charge < -0.3 is 5.32 Å². The van der Waals surface area contributed by atoms with Gasteiger partial charge in [0.2, 0.25) is 0 Å². The van der Waals surface area contributed by atoms with Gasteiger partial charge in [0.25, 0.3) is 0 Å². The lowest BCUT2D eigenvalue weighted by Gasteiger charge is -2.45. The van der Waals surface area contributed by atoms with Crippen LogP contribution >= 0.6 is 0 Å². The molecule has 0 amide bonds. The first-order valence-electron chi connectivity index (χ1n) is 8.49. The van der Waals surface area contributed by atoms with E-state index < -0.39 is 0 Å². The predicted octanol–water partition coefficient (Wildman–Crippen LogP) is 3.85. The fourth-order valence-corrected chi connectivity index (χ4v) is 3.31. The topological polar surface area (TPSA) is 15.3 Å². The Morgan fingerprint density at radius 3 is 2.38 bits per heavy atom. The molecule has 1 fully saturated rings. The summed E-state index contributed by atoms with van der Waals surface area (Å²) in [6, 6.07) is 10.2. The van der Waals surface area contributed by atoms with Gasteiger partial charge in [0.05, 0.1) is 0 Å². The van der Waals surface area contributed by atoms with Crippen molar-refractivity contribution in [2.24, 2.45) is 5.41 Å². The number of aryl methyl sites for hydroxylation is 1. The maximum absolute atomic E-state index is 3.76. The summed E-state index contributed by atoms with van der Waals surface area (Å²) in [6.45, 7) is 15.0. The van der Waals surface area contributed by atoms with Gasteiger partial charge in [-0.2, -0.15) is 0 Å². The Hall–Kier alpha value is -0.860.